The monoisotopic (exact) mass is 649 g/mol. The molecule has 3 atom stereocenters. The molecule has 0 saturated heterocycles. The second-order valence-corrected chi connectivity index (χ2v) is 12.1. The number of hydrogen-bond donors (Lipinski definition) is 4. The van der Waals surface area contributed by atoms with Crippen molar-refractivity contribution < 1.29 is 48.4 Å². The highest BCUT2D eigenvalue weighted by molar-refractivity contribution is 5.91. The summed E-state index contributed by atoms with van der Waals surface area (Å²) >= 11 is 0. The quantitative estimate of drug-likeness (QED) is 0.0623. The molecule has 4 N–H and O–H groups in total. The first-order valence-electron chi connectivity index (χ1n) is 16.4. The molecule has 0 bridgehead atoms. The van der Waals surface area contributed by atoms with Gasteiger partial charge in [-0.15, -0.1) is 0 Å². The van der Waals surface area contributed by atoms with E-state index in [0.717, 1.165) is 44.9 Å². The van der Waals surface area contributed by atoms with Gasteiger partial charge in [-0.1, -0.05) is 63.8 Å². The van der Waals surface area contributed by atoms with Crippen LogP contribution in [0.5, 0.6) is 5.75 Å². The van der Waals surface area contributed by atoms with Crippen LogP contribution in [-0.2, 0) is 30.4 Å². The van der Waals surface area contributed by atoms with Crippen molar-refractivity contribution in [1.82, 2.24) is 5.32 Å². The van der Waals surface area contributed by atoms with Crippen molar-refractivity contribution in [2.45, 2.75) is 110 Å². The normalized spacial score (nSPS) is 13.3. The number of hydrogen-bond acceptors (Lipinski definition) is 6. The highest BCUT2D eigenvalue weighted by Gasteiger charge is 2.35. The number of allylic oxidation sites excluding steroid dienone is 1. The predicted molar refractivity (Wildman–Crippen MR) is 172 cm³/mol. The fraction of sp³-hybridized carbons (Fsp3) is 0.629. The Morgan fingerprint density at radius 1 is 0.848 bits per heavy atom. The summed E-state index contributed by atoms with van der Waals surface area (Å²) < 4.78 is 17.8. The Kier molecular flexibility index (Phi) is 20.6. The SMILES string of the molecule is CC(C)CCOc1ccc(C[C@H](NC(=O)[C@@H](/C=C/CCCCCCC(=O)CCCCCCF)[C@@H](CC(=O)O)C(=O)O)C(=O)O)cc1. The molecule has 0 aromatic heterocycles. The Balaban J connectivity index is 2.74. The van der Waals surface area contributed by atoms with Crippen molar-refractivity contribution in [3.8, 4) is 5.75 Å². The number of ether oxygens (including phenoxy) is 1. The molecule has 1 aromatic rings. The summed E-state index contributed by atoms with van der Waals surface area (Å²) in [4.78, 5) is 60.6. The van der Waals surface area contributed by atoms with E-state index in [-0.39, 0.29) is 18.9 Å². The molecule has 258 valence electrons. The number of Topliss-reactive ketones (excluding diaryl/α,β-unsaturated/α-hetero) is 1. The van der Waals surface area contributed by atoms with Crippen molar-refractivity contribution in [1.29, 1.82) is 0 Å². The number of nitrogens with one attached hydrogen (secondary N) is 1. The van der Waals surface area contributed by atoms with Gasteiger partial charge in [-0.2, -0.15) is 0 Å². The first-order chi connectivity index (χ1) is 21.9. The maximum absolute atomic E-state index is 13.2. The van der Waals surface area contributed by atoms with E-state index >= 15 is 0 Å². The number of aliphatic carboxylic acids is 3. The molecule has 11 heteroatoms. The molecule has 0 aliphatic heterocycles. The number of rotatable bonds is 27. The number of carboxylic acid groups (broad SMARTS) is 3. The van der Waals surface area contributed by atoms with Gasteiger partial charge in [-0.3, -0.25) is 23.6 Å². The molecule has 0 aliphatic rings. The Morgan fingerprint density at radius 2 is 1.46 bits per heavy atom. The summed E-state index contributed by atoms with van der Waals surface area (Å²) in [5.41, 5.74) is 0.617. The van der Waals surface area contributed by atoms with Gasteiger partial charge in [-0.25, -0.2) is 4.79 Å². The molecule has 0 spiro atoms. The lowest BCUT2D eigenvalue weighted by Crippen LogP contribution is -2.47. The number of halogens is 1. The summed E-state index contributed by atoms with van der Waals surface area (Å²) in [5.74, 6) is -6.71. The van der Waals surface area contributed by atoms with Crippen molar-refractivity contribution >= 4 is 29.6 Å². The summed E-state index contributed by atoms with van der Waals surface area (Å²) in [7, 11) is 0. The van der Waals surface area contributed by atoms with Crippen molar-refractivity contribution in [3.05, 3.63) is 42.0 Å². The molecule has 1 aromatic carbocycles. The van der Waals surface area contributed by atoms with Crippen LogP contribution in [0.1, 0.15) is 103 Å². The van der Waals surface area contributed by atoms with Gasteiger partial charge in [0.15, 0.2) is 0 Å². The van der Waals surface area contributed by atoms with E-state index < -0.39 is 48.1 Å². The van der Waals surface area contributed by atoms with E-state index in [0.29, 0.717) is 55.9 Å². The van der Waals surface area contributed by atoms with Gasteiger partial charge in [0, 0.05) is 19.3 Å². The first-order valence-corrected chi connectivity index (χ1v) is 16.4. The van der Waals surface area contributed by atoms with Crippen LogP contribution >= 0.6 is 0 Å². The second-order valence-electron chi connectivity index (χ2n) is 12.1. The van der Waals surface area contributed by atoms with E-state index in [2.05, 4.69) is 19.2 Å². The minimum absolute atomic E-state index is 0.0674. The lowest BCUT2D eigenvalue weighted by atomic mass is 9.87. The topological polar surface area (TPSA) is 167 Å². The van der Waals surface area contributed by atoms with Gasteiger partial charge < -0.3 is 25.4 Å². The fourth-order valence-corrected chi connectivity index (χ4v) is 4.87. The van der Waals surface area contributed by atoms with E-state index in [9.17, 15) is 43.7 Å². The third-order valence-electron chi connectivity index (χ3n) is 7.65. The highest BCUT2D eigenvalue weighted by atomic mass is 19.1. The number of benzene rings is 1. The fourth-order valence-electron chi connectivity index (χ4n) is 4.87. The van der Waals surface area contributed by atoms with E-state index in [1.165, 1.54) is 6.08 Å². The average molecular weight is 650 g/mol. The van der Waals surface area contributed by atoms with Crippen molar-refractivity contribution in [2.75, 3.05) is 13.3 Å². The first kappa shape index (κ1) is 40.3. The number of amides is 1. The lowest BCUT2D eigenvalue weighted by molar-refractivity contribution is -0.152. The second kappa shape index (κ2) is 23.6. The smallest absolute Gasteiger partial charge is 0.326 e. The van der Waals surface area contributed by atoms with Crippen LogP contribution in [0.3, 0.4) is 0 Å². The number of unbranched alkanes of at least 4 members (excludes halogenated alkanes) is 7. The Morgan fingerprint density at radius 3 is 2.00 bits per heavy atom. The van der Waals surface area contributed by atoms with Crippen molar-refractivity contribution in [3.63, 3.8) is 0 Å². The molecule has 0 radical (unpaired) electrons. The Hall–Kier alpha value is -3.76. The molecule has 10 nitrogen and oxygen atoms in total. The van der Waals surface area contributed by atoms with Gasteiger partial charge in [0.05, 0.1) is 31.5 Å². The van der Waals surface area contributed by atoms with E-state index in [1.807, 2.05) is 0 Å². The minimum Gasteiger partial charge on any atom is -0.494 e. The van der Waals surface area contributed by atoms with Gasteiger partial charge >= 0.3 is 17.9 Å². The van der Waals surface area contributed by atoms with Crippen LogP contribution in [0.2, 0.25) is 0 Å². The molecule has 0 fully saturated rings. The maximum atomic E-state index is 13.2. The van der Waals surface area contributed by atoms with Crippen LogP contribution in [0, 0.1) is 17.8 Å². The predicted octanol–water partition coefficient (Wildman–Crippen LogP) is 6.40. The van der Waals surface area contributed by atoms with Crippen molar-refractivity contribution in [2.24, 2.45) is 17.8 Å². The van der Waals surface area contributed by atoms with Crippen LogP contribution in [0.25, 0.3) is 0 Å². The molecule has 0 aliphatic carbocycles. The number of ketones is 1. The van der Waals surface area contributed by atoms with Gasteiger partial charge in [-0.05, 0) is 62.1 Å². The van der Waals surface area contributed by atoms with Crippen LogP contribution in [0.15, 0.2) is 36.4 Å². The molecular weight excluding hydrogens is 597 g/mol. The summed E-state index contributed by atoms with van der Waals surface area (Å²) in [6.07, 6.45) is 10.6. The molecule has 0 saturated carbocycles. The zero-order valence-electron chi connectivity index (χ0n) is 27.3. The Bertz CT molecular complexity index is 1100. The van der Waals surface area contributed by atoms with Crippen LogP contribution in [-0.4, -0.2) is 64.2 Å². The van der Waals surface area contributed by atoms with Gasteiger partial charge in [0.1, 0.15) is 17.6 Å². The third kappa shape index (κ3) is 18.3. The summed E-state index contributed by atoms with van der Waals surface area (Å²) in [6.45, 7) is 4.40. The summed E-state index contributed by atoms with van der Waals surface area (Å²) in [6, 6.07) is 5.45. The zero-order chi connectivity index (χ0) is 34.3. The maximum Gasteiger partial charge on any atom is 0.326 e. The minimum atomic E-state index is -1.59. The third-order valence-corrected chi connectivity index (χ3v) is 7.65. The summed E-state index contributed by atoms with van der Waals surface area (Å²) in [5, 5.41) is 31.2. The largest absolute Gasteiger partial charge is 0.494 e. The molecule has 46 heavy (non-hydrogen) atoms. The average Bonchev–Trinajstić information content (AvgIpc) is 2.99. The molecule has 1 amide bonds. The van der Waals surface area contributed by atoms with E-state index in [4.69, 9.17) is 4.74 Å². The van der Waals surface area contributed by atoms with Gasteiger partial charge in [0.2, 0.25) is 5.91 Å². The van der Waals surface area contributed by atoms with Gasteiger partial charge in [0.25, 0.3) is 0 Å². The van der Waals surface area contributed by atoms with E-state index in [1.54, 1.807) is 30.3 Å². The zero-order valence-corrected chi connectivity index (χ0v) is 27.3. The van der Waals surface area contributed by atoms with Crippen LogP contribution < -0.4 is 10.1 Å². The number of carbonyl (C=O) groups excluding carboxylic acids is 2. The Labute approximate surface area is 271 Å². The standard InChI is InChI=1S/C35H52FNO9/c1-25(2)20-22-46-28-18-16-26(17-19-28)23-31(35(44)45)37-33(41)29(30(34(42)43)24-32(39)40)15-11-6-4-3-5-9-13-27(38)14-10-7-8-12-21-36/h11,15-19,25,29-31H,3-10,12-14,20-24H2,1-2H3,(H,37,41)(H,39,40)(H,42,43)(H,44,45)/b15-11+/t29-,30+,31-/m0/s1. The molecule has 1 rings (SSSR count). The molecule has 0 unspecified atom stereocenters. The highest BCUT2D eigenvalue weighted by Crippen LogP contribution is 2.21. The van der Waals surface area contributed by atoms with Crippen LogP contribution in [0.4, 0.5) is 4.39 Å². The molecule has 0 heterocycles. The lowest BCUT2D eigenvalue weighted by Gasteiger charge is -2.22. The number of carboxylic acids is 3. The molecular formula is C35H52FNO9. The number of carbonyl (C=O) groups is 5. The number of alkyl halides is 1.